The Labute approximate surface area is 122 Å². The van der Waals surface area contributed by atoms with E-state index in [-0.39, 0.29) is 26.2 Å². The molecule has 1 aromatic rings. The van der Waals surface area contributed by atoms with Crippen molar-refractivity contribution in [2.24, 2.45) is 5.41 Å². The number of ether oxygens (including phenoxy) is 1. The zero-order chi connectivity index (χ0) is 14.4. The van der Waals surface area contributed by atoms with E-state index in [1.807, 2.05) is 13.8 Å². The lowest BCUT2D eigenvalue weighted by Gasteiger charge is -2.50. The molecule has 0 amide bonds. The Kier molecular flexibility index (Phi) is 3.97. The van der Waals surface area contributed by atoms with E-state index in [4.69, 9.17) is 16.3 Å². The van der Waals surface area contributed by atoms with Gasteiger partial charge < -0.3 is 4.74 Å². The zero-order valence-electron chi connectivity index (χ0n) is 11.2. The van der Waals surface area contributed by atoms with E-state index in [0.29, 0.717) is 12.1 Å². The van der Waals surface area contributed by atoms with Gasteiger partial charge in [0.2, 0.25) is 0 Å². The molecule has 19 heavy (non-hydrogen) atoms. The Morgan fingerprint density at radius 1 is 1.53 bits per heavy atom. The number of methoxy groups -OCH3 is 1. The Balaban J connectivity index is 2.18. The molecule has 8 heteroatoms. The Bertz CT molecular complexity index is 583. The van der Waals surface area contributed by atoms with Crippen LogP contribution in [-0.2, 0) is 14.8 Å². The molecule has 1 fully saturated rings. The number of rotatable bonds is 4. The minimum Gasteiger partial charge on any atom is -0.381 e. The summed E-state index contributed by atoms with van der Waals surface area (Å²) in [7, 11) is -1.92. The zero-order valence-corrected chi connectivity index (χ0v) is 13.6. The first kappa shape index (κ1) is 15.2. The van der Waals surface area contributed by atoms with Crippen molar-refractivity contribution >= 4 is 33.0 Å². The molecule has 2 atom stereocenters. The van der Waals surface area contributed by atoms with E-state index < -0.39 is 10.0 Å². The van der Waals surface area contributed by atoms with Gasteiger partial charge in [-0.25, -0.2) is 18.1 Å². The highest BCUT2D eigenvalue weighted by molar-refractivity contribution is 7.91. The highest BCUT2D eigenvalue weighted by Crippen LogP contribution is 2.43. The predicted octanol–water partition coefficient (Wildman–Crippen LogP) is 2.20. The number of aryl methyl sites for hydroxylation is 1. The van der Waals surface area contributed by atoms with Gasteiger partial charge in [-0.05, 0) is 13.3 Å². The van der Waals surface area contributed by atoms with Gasteiger partial charge in [0.05, 0.1) is 11.8 Å². The van der Waals surface area contributed by atoms with Crippen LogP contribution in [0.25, 0.3) is 0 Å². The molecule has 1 N–H and O–H groups in total. The Hall–Kier alpha value is -0.210. The van der Waals surface area contributed by atoms with Crippen LogP contribution in [0.2, 0.25) is 4.47 Å². The summed E-state index contributed by atoms with van der Waals surface area (Å²) in [5.74, 6) is 0. The number of nitrogens with zero attached hydrogens (tertiary/aromatic N) is 1. The maximum Gasteiger partial charge on any atom is 0.252 e. The summed E-state index contributed by atoms with van der Waals surface area (Å²) in [6.45, 7) is 5.62. The van der Waals surface area contributed by atoms with E-state index in [1.165, 1.54) is 0 Å². The molecule has 0 aromatic carbocycles. The van der Waals surface area contributed by atoms with Gasteiger partial charge in [-0.1, -0.05) is 36.8 Å². The smallest absolute Gasteiger partial charge is 0.252 e. The number of halogens is 1. The van der Waals surface area contributed by atoms with Crippen LogP contribution in [0.5, 0.6) is 0 Å². The van der Waals surface area contributed by atoms with E-state index in [0.717, 1.165) is 11.3 Å². The molecule has 2 rings (SSSR count). The van der Waals surface area contributed by atoms with Crippen molar-refractivity contribution in [2.45, 2.75) is 43.5 Å². The lowest BCUT2D eigenvalue weighted by Crippen LogP contribution is -2.61. The summed E-state index contributed by atoms with van der Waals surface area (Å²) < 4.78 is 33.1. The van der Waals surface area contributed by atoms with Gasteiger partial charge in [0.1, 0.15) is 0 Å². The van der Waals surface area contributed by atoms with E-state index in [2.05, 4.69) is 9.71 Å². The summed E-state index contributed by atoms with van der Waals surface area (Å²) in [6, 6.07) is -0.136. The quantitative estimate of drug-likeness (QED) is 0.922. The van der Waals surface area contributed by atoms with E-state index in [9.17, 15) is 8.42 Å². The largest absolute Gasteiger partial charge is 0.381 e. The van der Waals surface area contributed by atoms with Gasteiger partial charge in [-0.15, -0.1) is 0 Å². The molecule has 1 heterocycles. The fourth-order valence-corrected chi connectivity index (χ4v) is 5.49. The third-order valence-corrected chi connectivity index (χ3v) is 7.07. The summed E-state index contributed by atoms with van der Waals surface area (Å²) in [4.78, 5) is 3.94. The number of thiazole rings is 1. The molecule has 5 nitrogen and oxygen atoms in total. The first-order chi connectivity index (χ1) is 8.68. The third-order valence-electron chi connectivity index (χ3n) is 3.73. The summed E-state index contributed by atoms with van der Waals surface area (Å²) in [6.07, 6.45) is 0.750. The molecule has 1 aromatic heterocycles. The van der Waals surface area contributed by atoms with E-state index in [1.54, 1.807) is 14.0 Å². The van der Waals surface area contributed by atoms with Crippen molar-refractivity contribution in [3.63, 3.8) is 0 Å². The van der Waals surface area contributed by atoms with Crippen LogP contribution in [0.3, 0.4) is 0 Å². The monoisotopic (exact) mass is 324 g/mol. The van der Waals surface area contributed by atoms with E-state index >= 15 is 0 Å². The van der Waals surface area contributed by atoms with Crippen LogP contribution < -0.4 is 4.72 Å². The first-order valence-electron chi connectivity index (χ1n) is 5.86. The Morgan fingerprint density at radius 2 is 2.16 bits per heavy atom. The van der Waals surface area contributed by atoms with Crippen molar-refractivity contribution in [1.82, 2.24) is 9.71 Å². The van der Waals surface area contributed by atoms with Gasteiger partial charge in [-0.3, -0.25) is 0 Å². The fraction of sp³-hybridized carbons (Fsp3) is 0.727. The lowest BCUT2D eigenvalue weighted by atomic mass is 9.65. The second-order valence-corrected chi connectivity index (χ2v) is 8.79. The minimum atomic E-state index is -3.57. The summed E-state index contributed by atoms with van der Waals surface area (Å²) in [5.41, 5.74) is 0.215. The summed E-state index contributed by atoms with van der Waals surface area (Å²) >= 11 is 6.73. The van der Waals surface area contributed by atoms with Gasteiger partial charge >= 0.3 is 0 Å². The van der Waals surface area contributed by atoms with Crippen LogP contribution >= 0.6 is 22.9 Å². The van der Waals surface area contributed by atoms with Gasteiger partial charge in [0, 0.05) is 18.6 Å². The van der Waals surface area contributed by atoms with Crippen LogP contribution in [0.15, 0.2) is 4.21 Å². The van der Waals surface area contributed by atoms with Crippen LogP contribution in [0.1, 0.15) is 26.0 Å². The maximum atomic E-state index is 12.3. The fourth-order valence-electron chi connectivity index (χ4n) is 2.33. The molecular formula is C11H17ClN2O3S2. The van der Waals surface area contributed by atoms with Gasteiger partial charge in [0.25, 0.3) is 10.0 Å². The van der Waals surface area contributed by atoms with Gasteiger partial charge in [0.15, 0.2) is 8.68 Å². The molecule has 2 unspecified atom stereocenters. The highest BCUT2D eigenvalue weighted by Gasteiger charge is 2.50. The molecule has 1 aliphatic carbocycles. The van der Waals surface area contributed by atoms with Crippen molar-refractivity contribution in [3.05, 3.63) is 10.2 Å². The molecule has 108 valence electrons. The topological polar surface area (TPSA) is 68.3 Å². The number of nitrogens with one attached hydrogen (secondary N) is 1. The lowest BCUT2D eigenvalue weighted by molar-refractivity contribution is -0.0908. The average Bonchev–Trinajstić information content (AvgIpc) is 2.64. The molecule has 1 aliphatic rings. The van der Waals surface area contributed by atoms with Crippen molar-refractivity contribution < 1.29 is 13.2 Å². The number of hydrogen-bond acceptors (Lipinski definition) is 5. The number of sulfonamides is 1. The molecular weight excluding hydrogens is 308 g/mol. The molecule has 0 saturated heterocycles. The summed E-state index contributed by atoms with van der Waals surface area (Å²) in [5, 5.41) is 0. The van der Waals surface area contributed by atoms with Crippen LogP contribution in [-0.4, -0.2) is 32.7 Å². The van der Waals surface area contributed by atoms with Crippen LogP contribution in [0, 0.1) is 12.3 Å². The minimum absolute atomic E-state index is 0.0753. The standard InChI is InChI=1S/C11H17ClN2O3S2/c1-6-9(18-10(12)13-6)19(15,16)14-7-5-8(17-4)11(7,2)3/h7-8,14H,5H2,1-4H3. The van der Waals surface area contributed by atoms with Crippen molar-refractivity contribution in [3.8, 4) is 0 Å². The SMILES string of the molecule is COC1CC(NS(=O)(=O)c2sc(Cl)nc2C)C1(C)C. The predicted molar refractivity (Wildman–Crippen MR) is 75.2 cm³/mol. The third kappa shape index (κ3) is 2.67. The van der Waals surface area contributed by atoms with Gasteiger partial charge in [-0.2, -0.15) is 0 Å². The van der Waals surface area contributed by atoms with Crippen molar-refractivity contribution in [2.75, 3.05) is 7.11 Å². The Morgan fingerprint density at radius 3 is 2.58 bits per heavy atom. The highest BCUT2D eigenvalue weighted by atomic mass is 35.5. The molecule has 1 saturated carbocycles. The molecule has 0 radical (unpaired) electrons. The normalized spacial score (nSPS) is 26.2. The van der Waals surface area contributed by atoms with Crippen LogP contribution in [0.4, 0.5) is 0 Å². The first-order valence-corrected chi connectivity index (χ1v) is 8.54. The maximum absolute atomic E-state index is 12.3. The number of hydrogen-bond donors (Lipinski definition) is 1. The number of aromatic nitrogens is 1. The van der Waals surface area contributed by atoms with Crippen molar-refractivity contribution in [1.29, 1.82) is 0 Å². The molecule has 0 bridgehead atoms. The molecule has 0 aliphatic heterocycles. The second kappa shape index (κ2) is 4.96. The molecule has 0 spiro atoms. The second-order valence-electron chi connectivity index (χ2n) is 5.29. The average molecular weight is 325 g/mol.